The molecule has 32 heavy (non-hydrogen) atoms. The van der Waals surface area contributed by atoms with Crippen LogP contribution in [0.5, 0.6) is 0 Å². The Balaban J connectivity index is 1.51. The Labute approximate surface area is 188 Å². The first-order valence-electron chi connectivity index (χ1n) is 10.1. The molecule has 3 amide bonds. The zero-order valence-corrected chi connectivity index (χ0v) is 17.7. The molecular weight excluding hydrogens is 432 g/mol. The number of rotatable bonds is 3. The van der Waals surface area contributed by atoms with Crippen LogP contribution >= 0.6 is 11.8 Å². The zero-order valence-electron chi connectivity index (χ0n) is 16.9. The predicted octanol–water partition coefficient (Wildman–Crippen LogP) is 4.95. The van der Waals surface area contributed by atoms with Crippen LogP contribution in [0.4, 0.5) is 25.0 Å². The minimum atomic E-state index is -1.23. The largest absolute Gasteiger partial charge is 0.323 e. The summed E-state index contributed by atoms with van der Waals surface area (Å²) in [6, 6.07) is 18.7. The van der Waals surface area contributed by atoms with E-state index in [-0.39, 0.29) is 24.0 Å². The lowest BCUT2D eigenvalue weighted by Crippen LogP contribution is -2.51. The maximum Gasteiger partial charge on any atom is 0.323 e. The molecule has 3 aromatic rings. The molecule has 0 aromatic heterocycles. The second kappa shape index (κ2) is 7.94. The molecule has 162 valence electrons. The van der Waals surface area contributed by atoms with Crippen LogP contribution in [0.15, 0.2) is 72.8 Å². The topological polar surface area (TPSA) is 52.7 Å². The number of nitrogens with zero attached hydrogens (tertiary/aromatic N) is 2. The lowest BCUT2D eigenvalue weighted by molar-refractivity contribution is -0.123. The molecule has 0 aliphatic carbocycles. The molecule has 0 bridgehead atoms. The van der Waals surface area contributed by atoms with Crippen molar-refractivity contribution in [2.75, 3.05) is 22.5 Å². The van der Waals surface area contributed by atoms with E-state index in [9.17, 15) is 18.4 Å². The quantitative estimate of drug-likeness (QED) is 0.613. The molecule has 1 N–H and O–H groups in total. The Morgan fingerprint density at radius 3 is 2.50 bits per heavy atom. The molecule has 1 spiro atoms. The summed E-state index contributed by atoms with van der Waals surface area (Å²) in [5.41, 5.74) is 2.27. The fraction of sp³-hybridized carbons (Fsp3) is 0.167. The van der Waals surface area contributed by atoms with Gasteiger partial charge in [-0.15, -0.1) is 11.8 Å². The maximum atomic E-state index is 14.1. The first-order chi connectivity index (χ1) is 15.5. The van der Waals surface area contributed by atoms with E-state index in [4.69, 9.17) is 0 Å². The number of hydrogen-bond acceptors (Lipinski definition) is 3. The molecule has 0 unspecified atom stereocenters. The summed E-state index contributed by atoms with van der Waals surface area (Å²) in [6.45, 7) is 0.594. The maximum absolute atomic E-state index is 14.1. The van der Waals surface area contributed by atoms with Gasteiger partial charge in [0.25, 0.3) is 5.91 Å². The van der Waals surface area contributed by atoms with Gasteiger partial charge in [0.2, 0.25) is 0 Å². The molecule has 3 aromatic carbocycles. The summed E-state index contributed by atoms with van der Waals surface area (Å²) in [5, 5.41) is 2.61. The van der Waals surface area contributed by atoms with Gasteiger partial charge in [-0.1, -0.05) is 42.5 Å². The third-order valence-corrected chi connectivity index (χ3v) is 7.13. The molecule has 0 radical (unpaired) electrons. The van der Waals surface area contributed by atoms with Gasteiger partial charge in [-0.25, -0.2) is 13.6 Å². The van der Waals surface area contributed by atoms with E-state index in [2.05, 4.69) is 5.32 Å². The van der Waals surface area contributed by atoms with Gasteiger partial charge in [-0.2, -0.15) is 0 Å². The van der Waals surface area contributed by atoms with Gasteiger partial charge < -0.3 is 10.2 Å². The number of para-hydroxylation sites is 2. The van der Waals surface area contributed by atoms with Gasteiger partial charge in [0.1, 0.15) is 11.6 Å². The van der Waals surface area contributed by atoms with Crippen molar-refractivity contribution in [2.45, 2.75) is 11.4 Å². The third-order valence-electron chi connectivity index (χ3n) is 5.72. The number of amides is 3. The molecule has 5 rings (SSSR count). The van der Waals surface area contributed by atoms with Crippen molar-refractivity contribution in [1.82, 2.24) is 4.90 Å². The van der Waals surface area contributed by atoms with Crippen LogP contribution in [0.25, 0.3) is 0 Å². The van der Waals surface area contributed by atoms with Gasteiger partial charge in [0, 0.05) is 17.9 Å². The molecule has 5 nitrogen and oxygen atoms in total. The van der Waals surface area contributed by atoms with Gasteiger partial charge in [0.05, 0.1) is 17.9 Å². The first-order valence-corrected chi connectivity index (χ1v) is 11.1. The molecule has 1 saturated heterocycles. The third kappa shape index (κ3) is 3.22. The van der Waals surface area contributed by atoms with Gasteiger partial charge >= 0.3 is 6.03 Å². The lowest BCUT2D eigenvalue weighted by Gasteiger charge is -2.33. The number of benzene rings is 3. The Hall–Kier alpha value is -3.39. The Morgan fingerprint density at radius 1 is 1.00 bits per heavy atom. The van der Waals surface area contributed by atoms with Crippen LogP contribution in [-0.2, 0) is 16.2 Å². The Kier molecular flexibility index (Phi) is 5.09. The number of fused-ring (bicyclic) bond motifs is 2. The van der Waals surface area contributed by atoms with Crippen LogP contribution in [0.2, 0.25) is 0 Å². The average molecular weight is 451 g/mol. The number of thioether (sulfide) groups is 1. The minimum absolute atomic E-state index is 0.0615. The smallest absolute Gasteiger partial charge is 0.305 e. The van der Waals surface area contributed by atoms with E-state index in [0.717, 1.165) is 11.1 Å². The van der Waals surface area contributed by atoms with Crippen molar-refractivity contribution in [2.24, 2.45) is 0 Å². The average Bonchev–Trinajstić information content (AvgIpc) is 3.34. The Morgan fingerprint density at radius 2 is 1.72 bits per heavy atom. The lowest BCUT2D eigenvalue weighted by atomic mass is 10.1. The number of carbonyl (C=O) groups is 2. The minimum Gasteiger partial charge on any atom is -0.305 e. The van der Waals surface area contributed by atoms with E-state index in [1.165, 1.54) is 40.9 Å². The van der Waals surface area contributed by atoms with Crippen LogP contribution < -0.4 is 10.2 Å². The highest BCUT2D eigenvalue weighted by Gasteiger charge is 2.59. The highest BCUT2D eigenvalue weighted by atomic mass is 32.2. The van der Waals surface area contributed by atoms with E-state index in [1.807, 2.05) is 24.3 Å². The second-order valence-corrected chi connectivity index (χ2v) is 8.88. The highest BCUT2D eigenvalue weighted by Crippen LogP contribution is 2.54. The molecule has 1 fully saturated rings. The monoisotopic (exact) mass is 451 g/mol. The van der Waals surface area contributed by atoms with Crippen molar-refractivity contribution in [3.63, 3.8) is 0 Å². The van der Waals surface area contributed by atoms with Crippen molar-refractivity contribution in [1.29, 1.82) is 0 Å². The molecule has 2 heterocycles. The second-order valence-electron chi connectivity index (χ2n) is 7.59. The molecule has 0 saturated carbocycles. The summed E-state index contributed by atoms with van der Waals surface area (Å²) >= 11 is 1.39. The van der Waals surface area contributed by atoms with Crippen molar-refractivity contribution in [3.8, 4) is 0 Å². The van der Waals surface area contributed by atoms with Crippen molar-refractivity contribution >= 4 is 35.1 Å². The standard InChI is InChI=1S/C24H19F2N3O2S/c25-17-11-9-16(10-12-17)15-28-21-8-4-1-5-18(21)24(22(28)30)29(13-14-32-24)23(31)27-20-7-3-2-6-19(20)26/h1-12H,13-15H2,(H,27,31)/t24-/m1/s1. The summed E-state index contributed by atoms with van der Waals surface area (Å²) in [7, 11) is 0. The first kappa shape index (κ1) is 20.5. The fourth-order valence-electron chi connectivity index (χ4n) is 4.24. The fourth-order valence-corrected chi connectivity index (χ4v) is 5.70. The zero-order chi connectivity index (χ0) is 22.3. The number of carbonyl (C=O) groups excluding carboxylic acids is 2. The van der Waals surface area contributed by atoms with Crippen molar-refractivity contribution < 1.29 is 18.4 Å². The summed E-state index contributed by atoms with van der Waals surface area (Å²) in [6.07, 6.45) is 0. The molecular formula is C24H19F2N3O2S. The van der Waals surface area contributed by atoms with Gasteiger partial charge in [-0.05, 0) is 35.9 Å². The highest BCUT2D eigenvalue weighted by molar-refractivity contribution is 8.01. The Bertz CT molecular complexity index is 1200. The van der Waals surface area contributed by atoms with E-state index in [0.29, 0.717) is 18.0 Å². The van der Waals surface area contributed by atoms with Crippen molar-refractivity contribution in [3.05, 3.63) is 95.6 Å². The SMILES string of the molecule is O=C(Nc1ccccc1F)N1CCS[C@]12C(=O)N(Cc1ccc(F)cc1)c1ccccc12. The van der Waals surface area contributed by atoms with Gasteiger partial charge in [0.15, 0.2) is 4.87 Å². The molecule has 1 atom stereocenters. The summed E-state index contributed by atoms with van der Waals surface area (Å²) < 4.78 is 27.5. The van der Waals surface area contributed by atoms with Crippen LogP contribution in [0.1, 0.15) is 11.1 Å². The normalized spacial score (nSPS) is 19.5. The van der Waals surface area contributed by atoms with Crippen LogP contribution in [0, 0.1) is 11.6 Å². The van der Waals surface area contributed by atoms with E-state index < -0.39 is 16.7 Å². The number of urea groups is 1. The molecule has 8 heteroatoms. The van der Waals surface area contributed by atoms with Crippen LogP contribution in [0.3, 0.4) is 0 Å². The number of nitrogens with one attached hydrogen (secondary N) is 1. The summed E-state index contributed by atoms with van der Waals surface area (Å²) in [4.78, 5) is 28.9. The number of hydrogen-bond donors (Lipinski definition) is 1. The van der Waals surface area contributed by atoms with Crippen LogP contribution in [-0.4, -0.2) is 29.1 Å². The van der Waals surface area contributed by atoms with E-state index >= 15 is 0 Å². The number of halogens is 2. The molecule has 2 aliphatic rings. The van der Waals surface area contributed by atoms with E-state index in [1.54, 1.807) is 29.2 Å². The molecule has 2 aliphatic heterocycles. The number of anilines is 2. The predicted molar refractivity (Wildman–Crippen MR) is 120 cm³/mol. The summed E-state index contributed by atoms with van der Waals surface area (Å²) in [5.74, 6) is -0.567. The van der Waals surface area contributed by atoms with Gasteiger partial charge in [-0.3, -0.25) is 9.69 Å².